The van der Waals surface area contributed by atoms with Gasteiger partial charge in [0.25, 0.3) is 0 Å². The summed E-state index contributed by atoms with van der Waals surface area (Å²) >= 11 is 1.29. The summed E-state index contributed by atoms with van der Waals surface area (Å²) in [6, 6.07) is 5.94. The van der Waals surface area contributed by atoms with Gasteiger partial charge in [-0.25, -0.2) is 9.78 Å². The van der Waals surface area contributed by atoms with Crippen molar-refractivity contribution in [3.63, 3.8) is 0 Å². The second-order valence-corrected chi connectivity index (χ2v) is 5.94. The lowest BCUT2D eigenvalue weighted by Gasteiger charge is -2.25. The van der Waals surface area contributed by atoms with Gasteiger partial charge in [0.15, 0.2) is 5.69 Å². The Hall–Kier alpha value is -2.47. The van der Waals surface area contributed by atoms with Crippen molar-refractivity contribution < 1.29 is 14.7 Å². The van der Waals surface area contributed by atoms with Crippen molar-refractivity contribution in [2.24, 2.45) is 0 Å². The molecular weight excluding hydrogens is 300 g/mol. The van der Waals surface area contributed by atoms with E-state index in [1.165, 1.54) is 16.7 Å². The molecule has 1 aliphatic heterocycles. The minimum absolute atomic E-state index is 0.0650. The number of benzene rings is 1. The van der Waals surface area contributed by atoms with E-state index in [0.29, 0.717) is 11.4 Å². The van der Waals surface area contributed by atoms with Crippen molar-refractivity contribution in [2.45, 2.75) is 12.8 Å². The molecule has 1 aromatic carbocycles. The zero-order valence-electron chi connectivity index (χ0n) is 11.9. The quantitative estimate of drug-likeness (QED) is 0.945. The average molecular weight is 314 g/mol. The summed E-state index contributed by atoms with van der Waals surface area (Å²) in [5, 5.41) is 11.0. The molecule has 6 heteroatoms. The number of aryl methyl sites for hydroxylation is 1. The summed E-state index contributed by atoms with van der Waals surface area (Å²) in [6.07, 6.45) is 4.99. The molecule has 22 heavy (non-hydrogen) atoms. The number of anilines is 1. The van der Waals surface area contributed by atoms with Crippen LogP contribution in [-0.4, -0.2) is 29.0 Å². The van der Waals surface area contributed by atoms with Crippen LogP contribution in [0.1, 0.15) is 33.0 Å². The third kappa shape index (κ3) is 2.78. The van der Waals surface area contributed by atoms with E-state index in [-0.39, 0.29) is 11.6 Å². The third-order valence-electron chi connectivity index (χ3n) is 3.61. The number of nitrogens with zero attached hydrogens (tertiary/aromatic N) is 2. The van der Waals surface area contributed by atoms with E-state index >= 15 is 0 Å². The van der Waals surface area contributed by atoms with E-state index < -0.39 is 5.97 Å². The van der Waals surface area contributed by atoms with Gasteiger partial charge in [-0.1, -0.05) is 12.1 Å². The molecule has 0 saturated heterocycles. The van der Waals surface area contributed by atoms with Crippen molar-refractivity contribution in [1.29, 1.82) is 0 Å². The molecule has 1 N–H and O–H groups in total. The zero-order valence-corrected chi connectivity index (χ0v) is 12.8. The first kappa shape index (κ1) is 14.5. The van der Waals surface area contributed by atoms with Crippen LogP contribution in [0.5, 0.6) is 0 Å². The molecule has 0 bridgehead atoms. The summed E-state index contributed by atoms with van der Waals surface area (Å²) in [4.78, 5) is 28.2. The first-order valence-electron chi connectivity index (χ1n) is 6.81. The molecule has 1 amide bonds. The van der Waals surface area contributed by atoms with Crippen LogP contribution >= 0.6 is 11.3 Å². The van der Waals surface area contributed by atoms with E-state index in [1.807, 2.05) is 18.2 Å². The van der Waals surface area contributed by atoms with Crippen LogP contribution in [0.15, 0.2) is 23.6 Å². The molecule has 0 aliphatic carbocycles. The number of hydrogen-bond donors (Lipinski definition) is 1. The molecule has 2 heterocycles. The number of thiazole rings is 1. The van der Waals surface area contributed by atoms with Crippen molar-refractivity contribution >= 4 is 41.1 Å². The molecule has 2 aromatic rings. The maximum absolute atomic E-state index is 11.7. The molecule has 0 saturated carbocycles. The second kappa shape index (κ2) is 5.73. The lowest BCUT2D eigenvalue weighted by atomic mass is 9.99. The van der Waals surface area contributed by atoms with Crippen LogP contribution in [0.25, 0.3) is 12.2 Å². The van der Waals surface area contributed by atoms with E-state index in [9.17, 15) is 9.59 Å². The maximum Gasteiger partial charge on any atom is 0.355 e. The summed E-state index contributed by atoms with van der Waals surface area (Å²) in [7, 11) is 1.79. The molecule has 1 aromatic heterocycles. The Labute approximate surface area is 131 Å². The minimum atomic E-state index is -1.02. The summed E-state index contributed by atoms with van der Waals surface area (Å²) in [5.74, 6) is -0.878. The predicted octanol–water partition coefficient (Wildman–Crippen LogP) is 2.92. The van der Waals surface area contributed by atoms with Crippen molar-refractivity contribution in [3.8, 4) is 0 Å². The van der Waals surface area contributed by atoms with Crippen LogP contribution in [0.2, 0.25) is 0 Å². The number of fused-ring (bicyclic) bond motifs is 1. The highest BCUT2D eigenvalue weighted by molar-refractivity contribution is 7.10. The molecule has 1 aliphatic rings. The van der Waals surface area contributed by atoms with Gasteiger partial charge in [0.2, 0.25) is 5.91 Å². The molecule has 5 nitrogen and oxygen atoms in total. The van der Waals surface area contributed by atoms with E-state index in [0.717, 1.165) is 23.2 Å². The Morgan fingerprint density at radius 3 is 2.91 bits per heavy atom. The average Bonchev–Trinajstić information content (AvgIpc) is 2.98. The van der Waals surface area contributed by atoms with Crippen LogP contribution < -0.4 is 4.90 Å². The second-order valence-electron chi connectivity index (χ2n) is 5.05. The standard InChI is InChI=1S/C16H14N2O3S/c1-18-13-5-2-10(8-11(13)4-7-15(18)19)3-6-14-17-12(9-22-14)16(20)21/h2-3,5-6,8-9H,4,7H2,1H3,(H,20,21)/b6-3+. The minimum Gasteiger partial charge on any atom is -0.476 e. The summed E-state index contributed by atoms with van der Waals surface area (Å²) in [5.41, 5.74) is 3.18. The number of carbonyl (C=O) groups is 2. The van der Waals surface area contributed by atoms with Crippen LogP contribution in [0.3, 0.4) is 0 Å². The van der Waals surface area contributed by atoms with Crippen molar-refractivity contribution in [1.82, 2.24) is 4.98 Å². The number of aromatic nitrogens is 1. The number of amides is 1. The van der Waals surface area contributed by atoms with Crippen LogP contribution in [0, 0.1) is 0 Å². The number of rotatable bonds is 3. The fourth-order valence-corrected chi connectivity index (χ4v) is 3.09. The van der Waals surface area contributed by atoms with Gasteiger partial charge in [-0.2, -0.15) is 0 Å². The maximum atomic E-state index is 11.7. The molecular formula is C16H14N2O3S. The normalized spacial score (nSPS) is 14.4. The first-order chi connectivity index (χ1) is 10.5. The van der Waals surface area contributed by atoms with Gasteiger partial charge >= 0.3 is 5.97 Å². The highest BCUT2D eigenvalue weighted by Gasteiger charge is 2.20. The third-order valence-corrected chi connectivity index (χ3v) is 4.42. The Kier molecular flexibility index (Phi) is 3.77. The fraction of sp³-hybridized carbons (Fsp3) is 0.188. The van der Waals surface area contributed by atoms with Gasteiger partial charge in [-0.05, 0) is 35.8 Å². The topological polar surface area (TPSA) is 70.5 Å². The van der Waals surface area contributed by atoms with Crippen molar-refractivity contribution in [3.05, 3.63) is 45.4 Å². The van der Waals surface area contributed by atoms with Crippen LogP contribution in [-0.2, 0) is 11.2 Å². The lowest BCUT2D eigenvalue weighted by molar-refractivity contribution is -0.118. The molecule has 0 unspecified atom stereocenters. The molecule has 3 rings (SSSR count). The lowest BCUT2D eigenvalue weighted by Crippen LogP contribution is -2.30. The Morgan fingerprint density at radius 1 is 1.36 bits per heavy atom. The number of carboxylic acid groups (broad SMARTS) is 1. The number of carboxylic acids is 1. The fourth-order valence-electron chi connectivity index (χ4n) is 2.41. The van der Waals surface area contributed by atoms with Gasteiger partial charge < -0.3 is 10.0 Å². The number of carbonyl (C=O) groups excluding carboxylic acids is 1. The first-order valence-corrected chi connectivity index (χ1v) is 7.69. The van der Waals surface area contributed by atoms with Gasteiger partial charge in [-0.3, -0.25) is 4.79 Å². The Morgan fingerprint density at radius 2 is 2.18 bits per heavy atom. The monoisotopic (exact) mass is 314 g/mol. The number of hydrogen-bond acceptors (Lipinski definition) is 4. The van der Waals surface area contributed by atoms with E-state index in [2.05, 4.69) is 11.1 Å². The predicted molar refractivity (Wildman–Crippen MR) is 86.2 cm³/mol. The molecule has 0 fully saturated rings. The highest BCUT2D eigenvalue weighted by atomic mass is 32.1. The largest absolute Gasteiger partial charge is 0.476 e. The summed E-state index contributed by atoms with van der Waals surface area (Å²) < 4.78 is 0. The SMILES string of the molecule is CN1C(=O)CCc2cc(/C=C/c3nc(C(=O)O)cs3)ccc21. The Bertz CT molecular complexity index is 779. The Balaban J connectivity index is 1.82. The van der Waals surface area contributed by atoms with Gasteiger partial charge in [0.05, 0.1) is 0 Å². The van der Waals surface area contributed by atoms with E-state index in [1.54, 1.807) is 18.0 Å². The van der Waals surface area contributed by atoms with Crippen molar-refractivity contribution in [2.75, 3.05) is 11.9 Å². The van der Waals surface area contributed by atoms with Gasteiger partial charge in [0, 0.05) is 24.5 Å². The molecule has 0 spiro atoms. The zero-order chi connectivity index (χ0) is 15.7. The molecule has 0 atom stereocenters. The molecule has 112 valence electrons. The summed E-state index contributed by atoms with van der Waals surface area (Å²) in [6.45, 7) is 0. The number of aromatic carboxylic acids is 1. The van der Waals surface area contributed by atoms with Crippen LogP contribution in [0.4, 0.5) is 5.69 Å². The van der Waals surface area contributed by atoms with Gasteiger partial charge in [0.1, 0.15) is 5.01 Å². The molecule has 0 radical (unpaired) electrons. The van der Waals surface area contributed by atoms with E-state index in [4.69, 9.17) is 5.11 Å². The van der Waals surface area contributed by atoms with Gasteiger partial charge in [-0.15, -0.1) is 11.3 Å². The smallest absolute Gasteiger partial charge is 0.355 e. The highest BCUT2D eigenvalue weighted by Crippen LogP contribution is 2.28.